The monoisotopic (exact) mass is 336 g/mol. The number of carbonyl (C=O) groups excluding carboxylic acids is 1. The first-order chi connectivity index (χ1) is 12.1. The van der Waals surface area contributed by atoms with E-state index in [0.29, 0.717) is 12.5 Å². The Kier molecular flexibility index (Phi) is 6.00. The number of piperazine rings is 1. The van der Waals surface area contributed by atoms with Crippen molar-refractivity contribution < 1.29 is 4.79 Å². The molecule has 2 aromatic carbocycles. The number of nitrogens with zero attached hydrogens (tertiary/aromatic N) is 2. The topological polar surface area (TPSA) is 23.6 Å². The third kappa shape index (κ3) is 5.00. The molecule has 1 fully saturated rings. The molecule has 0 unspecified atom stereocenters. The summed E-state index contributed by atoms with van der Waals surface area (Å²) in [6.45, 7) is 9.84. The Balaban J connectivity index is 1.47. The van der Waals surface area contributed by atoms with Gasteiger partial charge in [-0.05, 0) is 17.0 Å². The zero-order chi connectivity index (χ0) is 17.6. The van der Waals surface area contributed by atoms with Gasteiger partial charge >= 0.3 is 0 Å². The molecule has 0 saturated carbocycles. The summed E-state index contributed by atoms with van der Waals surface area (Å²) in [4.78, 5) is 17.3. The number of hydrogen-bond donors (Lipinski definition) is 0. The van der Waals surface area contributed by atoms with Crippen molar-refractivity contribution in [3.63, 3.8) is 0 Å². The van der Waals surface area contributed by atoms with E-state index >= 15 is 0 Å². The highest BCUT2D eigenvalue weighted by Crippen LogP contribution is 2.15. The van der Waals surface area contributed by atoms with E-state index in [1.165, 1.54) is 11.1 Å². The van der Waals surface area contributed by atoms with Gasteiger partial charge < -0.3 is 0 Å². The molecule has 3 heteroatoms. The van der Waals surface area contributed by atoms with Gasteiger partial charge in [0.25, 0.3) is 0 Å². The molecule has 25 heavy (non-hydrogen) atoms. The second kappa shape index (κ2) is 8.41. The molecule has 0 bridgehead atoms. The van der Waals surface area contributed by atoms with Gasteiger partial charge in [0.15, 0.2) is 5.78 Å². The van der Waals surface area contributed by atoms with E-state index < -0.39 is 0 Å². The van der Waals surface area contributed by atoms with E-state index in [-0.39, 0.29) is 5.78 Å². The SMILES string of the molecule is CC(C)c1ccc(C(=O)CN2CCN(Cc3ccccc3)CC2)cc1. The normalized spacial score (nSPS) is 16.3. The van der Waals surface area contributed by atoms with E-state index in [2.05, 4.69) is 66.1 Å². The van der Waals surface area contributed by atoms with Crippen LogP contribution in [0.1, 0.15) is 41.3 Å². The molecular weight excluding hydrogens is 308 g/mol. The Hall–Kier alpha value is -1.97. The van der Waals surface area contributed by atoms with Crippen molar-refractivity contribution in [1.82, 2.24) is 9.80 Å². The third-order valence-electron chi connectivity index (χ3n) is 4.98. The van der Waals surface area contributed by atoms with E-state index in [4.69, 9.17) is 0 Å². The van der Waals surface area contributed by atoms with Crippen LogP contribution in [0, 0.1) is 0 Å². The highest BCUT2D eigenvalue weighted by atomic mass is 16.1. The van der Waals surface area contributed by atoms with Gasteiger partial charge in [-0.25, -0.2) is 0 Å². The predicted molar refractivity (Wildman–Crippen MR) is 103 cm³/mol. The highest BCUT2D eigenvalue weighted by molar-refractivity contribution is 5.97. The lowest BCUT2D eigenvalue weighted by atomic mass is 10.0. The maximum atomic E-state index is 12.5. The lowest BCUT2D eigenvalue weighted by molar-refractivity contribution is 0.0844. The fraction of sp³-hybridized carbons (Fsp3) is 0.409. The van der Waals surface area contributed by atoms with Crippen molar-refractivity contribution in [2.45, 2.75) is 26.3 Å². The van der Waals surface area contributed by atoms with Gasteiger partial charge in [-0.3, -0.25) is 14.6 Å². The van der Waals surface area contributed by atoms with Crippen molar-refractivity contribution in [2.24, 2.45) is 0 Å². The van der Waals surface area contributed by atoms with Gasteiger partial charge in [0.1, 0.15) is 0 Å². The molecule has 1 aliphatic rings. The molecule has 0 amide bonds. The van der Waals surface area contributed by atoms with Crippen LogP contribution in [0.2, 0.25) is 0 Å². The molecule has 3 nitrogen and oxygen atoms in total. The van der Waals surface area contributed by atoms with E-state index in [1.807, 2.05) is 12.1 Å². The summed E-state index contributed by atoms with van der Waals surface area (Å²) in [7, 11) is 0. The van der Waals surface area contributed by atoms with E-state index in [0.717, 1.165) is 38.3 Å². The molecule has 0 radical (unpaired) electrons. The van der Waals surface area contributed by atoms with Crippen molar-refractivity contribution in [3.8, 4) is 0 Å². The first-order valence-electron chi connectivity index (χ1n) is 9.23. The van der Waals surface area contributed by atoms with Crippen LogP contribution in [0.15, 0.2) is 54.6 Å². The quantitative estimate of drug-likeness (QED) is 0.750. The average Bonchev–Trinajstić information content (AvgIpc) is 2.64. The summed E-state index contributed by atoms with van der Waals surface area (Å²) in [5.41, 5.74) is 3.47. The molecule has 1 saturated heterocycles. The minimum absolute atomic E-state index is 0.229. The molecule has 0 aromatic heterocycles. The van der Waals surface area contributed by atoms with Crippen LogP contribution in [-0.2, 0) is 6.54 Å². The zero-order valence-corrected chi connectivity index (χ0v) is 15.3. The number of rotatable bonds is 6. The molecule has 132 valence electrons. The fourth-order valence-electron chi connectivity index (χ4n) is 3.30. The van der Waals surface area contributed by atoms with Crippen LogP contribution < -0.4 is 0 Å². The predicted octanol–water partition coefficient (Wildman–Crippen LogP) is 3.81. The first-order valence-corrected chi connectivity index (χ1v) is 9.23. The number of benzene rings is 2. The van der Waals surface area contributed by atoms with Gasteiger partial charge in [0, 0.05) is 38.3 Å². The Morgan fingerprint density at radius 3 is 2.08 bits per heavy atom. The van der Waals surface area contributed by atoms with E-state index in [9.17, 15) is 4.79 Å². The zero-order valence-electron chi connectivity index (χ0n) is 15.3. The summed E-state index contributed by atoms with van der Waals surface area (Å²) in [6.07, 6.45) is 0. The molecular formula is C22H28N2O. The van der Waals surface area contributed by atoms with Crippen LogP contribution >= 0.6 is 0 Å². The van der Waals surface area contributed by atoms with Crippen LogP contribution in [0.25, 0.3) is 0 Å². The van der Waals surface area contributed by atoms with Crippen molar-refractivity contribution in [3.05, 3.63) is 71.3 Å². The maximum absolute atomic E-state index is 12.5. The summed E-state index contributed by atoms with van der Waals surface area (Å²) >= 11 is 0. The van der Waals surface area contributed by atoms with Crippen LogP contribution in [0.4, 0.5) is 0 Å². The van der Waals surface area contributed by atoms with E-state index in [1.54, 1.807) is 0 Å². The maximum Gasteiger partial charge on any atom is 0.176 e. The molecule has 3 rings (SSSR count). The second-order valence-electron chi connectivity index (χ2n) is 7.24. The van der Waals surface area contributed by atoms with Crippen molar-refractivity contribution in [1.29, 1.82) is 0 Å². The molecule has 1 heterocycles. The lowest BCUT2D eigenvalue weighted by Gasteiger charge is -2.34. The average molecular weight is 336 g/mol. The minimum atomic E-state index is 0.229. The number of Topliss-reactive ketones (excluding diaryl/α,β-unsaturated/α-hetero) is 1. The molecule has 0 N–H and O–H groups in total. The van der Waals surface area contributed by atoms with Crippen molar-refractivity contribution >= 4 is 5.78 Å². The standard InChI is InChI=1S/C22H28N2O/c1-18(2)20-8-10-21(11-9-20)22(25)17-24-14-12-23(13-15-24)16-19-6-4-3-5-7-19/h3-11,18H,12-17H2,1-2H3. The lowest BCUT2D eigenvalue weighted by Crippen LogP contribution is -2.47. The smallest absolute Gasteiger partial charge is 0.176 e. The number of carbonyl (C=O) groups is 1. The second-order valence-corrected chi connectivity index (χ2v) is 7.24. The number of ketones is 1. The minimum Gasteiger partial charge on any atom is -0.297 e. The summed E-state index contributed by atoms with van der Waals surface area (Å²) in [6, 6.07) is 18.7. The van der Waals surface area contributed by atoms with Gasteiger partial charge in [-0.1, -0.05) is 68.4 Å². The van der Waals surface area contributed by atoms with Gasteiger partial charge in [0.05, 0.1) is 6.54 Å². The third-order valence-corrected chi connectivity index (χ3v) is 4.98. The van der Waals surface area contributed by atoms with Gasteiger partial charge in [-0.15, -0.1) is 0 Å². The largest absolute Gasteiger partial charge is 0.297 e. The number of hydrogen-bond acceptors (Lipinski definition) is 3. The summed E-state index contributed by atoms with van der Waals surface area (Å²) < 4.78 is 0. The first kappa shape index (κ1) is 17.8. The van der Waals surface area contributed by atoms with Crippen LogP contribution in [-0.4, -0.2) is 48.3 Å². The van der Waals surface area contributed by atoms with Crippen LogP contribution in [0.3, 0.4) is 0 Å². The van der Waals surface area contributed by atoms with Gasteiger partial charge in [-0.2, -0.15) is 0 Å². The Labute approximate surface area is 151 Å². The van der Waals surface area contributed by atoms with Crippen LogP contribution in [0.5, 0.6) is 0 Å². The van der Waals surface area contributed by atoms with Crippen molar-refractivity contribution in [2.75, 3.05) is 32.7 Å². The molecule has 0 atom stereocenters. The molecule has 2 aromatic rings. The molecule has 1 aliphatic heterocycles. The molecule has 0 spiro atoms. The molecule has 0 aliphatic carbocycles. The fourth-order valence-corrected chi connectivity index (χ4v) is 3.30. The Morgan fingerprint density at radius 1 is 0.880 bits per heavy atom. The summed E-state index contributed by atoms with van der Waals surface area (Å²) in [5.74, 6) is 0.730. The highest BCUT2D eigenvalue weighted by Gasteiger charge is 2.19. The summed E-state index contributed by atoms with van der Waals surface area (Å²) in [5, 5.41) is 0. The van der Waals surface area contributed by atoms with Gasteiger partial charge in [0.2, 0.25) is 0 Å². The Bertz CT molecular complexity index is 671. The Morgan fingerprint density at radius 2 is 1.48 bits per heavy atom.